The molecule has 2 fully saturated rings. The molecule has 212 valence electrons. The lowest BCUT2D eigenvalue weighted by molar-refractivity contribution is -0.126. The van der Waals surface area contributed by atoms with E-state index in [1.165, 1.54) is 49.8 Å². The first-order chi connectivity index (χ1) is 17.9. The van der Waals surface area contributed by atoms with Crippen LogP contribution in [0.1, 0.15) is 49.8 Å². The van der Waals surface area contributed by atoms with Gasteiger partial charge in [0.1, 0.15) is 6.04 Å². The summed E-state index contributed by atoms with van der Waals surface area (Å²) in [5, 5.41) is 3.12. The van der Waals surface area contributed by atoms with Crippen LogP contribution in [-0.2, 0) is 28.7 Å². The van der Waals surface area contributed by atoms with Crippen LogP contribution in [0.2, 0.25) is 0 Å². The number of piperazine rings is 1. The summed E-state index contributed by atoms with van der Waals surface area (Å²) in [7, 11) is 2.91. The molecule has 1 aromatic carbocycles. The van der Waals surface area contributed by atoms with Gasteiger partial charge in [-0.1, -0.05) is 44.2 Å². The van der Waals surface area contributed by atoms with E-state index < -0.39 is 11.0 Å². The Kier molecular flexibility index (Phi) is 11.8. The Bertz CT molecular complexity index is 1020. The van der Waals surface area contributed by atoms with Crippen molar-refractivity contribution < 1.29 is 14.5 Å². The minimum atomic E-state index is -1.16. The summed E-state index contributed by atoms with van der Waals surface area (Å²) in [4.78, 5) is 22.0. The van der Waals surface area contributed by atoms with Crippen LogP contribution < -0.4 is 10.2 Å². The second-order valence-electron chi connectivity index (χ2n) is 10.8. The third-order valence-electron chi connectivity index (χ3n) is 7.91. The SMILES string of the molecule is CN(C)c1ccc(Cn2cncc2CCNC(=O)C2CN(CCC3CCCCC3)CCN2S(C)=O)cc1.O. The second kappa shape index (κ2) is 14.8. The van der Waals surface area contributed by atoms with E-state index in [1.54, 1.807) is 6.26 Å². The number of carbonyl (C=O) groups excluding carboxylic acids is 1. The first kappa shape index (κ1) is 30.3. The highest BCUT2D eigenvalue weighted by Gasteiger charge is 2.34. The Balaban J connectivity index is 0.00000400. The summed E-state index contributed by atoms with van der Waals surface area (Å²) < 4.78 is 16.4. The van der Waals surface area contributed by atoms with Crippen LogP contribution in [0.15, 0.2) is 36.8 Å². The number of nitrogens with one attached hydrogen (secondary N) is 1. The lowest BCUT2D eigenvalue weighted by atomic mass is 9.87. The number of hydrogen-bond acceptors (Lipinski definition) is 5. The van der Waals surface area contributed by atoms with Gasteiger partial charge < -0.3 is 20.3 Å². The topological polar surface area (TPSA) is 105 Å². The van der Waals surface area contributed by atoms with Gasteiger partial charge >= 0.3 is 0 Å². The zero-order valence-electron chi connectivity index (χ0n) is 23.3. The Labute approximate surface area is 230 Å². The fourth-order valence-corrected chi connectivity index (χ4v) is 6.47. The van der Waals surface area contributed by atoms with Crippen molar-refractivity contribution >= 4 is 22.6 Å². The van der Waals surface area contributed by atoms with Crippen LogP contribution in [0.3, 0.4) is 0 Å². The van der Waals surface area contributed by atoms with E-state index in [0.717, 1.165) is 31.2 Å². The molecule has 2 atom stereocenters. The van der Waals surface area contributed by atoms with Gasteiger partial charge in [-0.05, 0) is 36.6 Å². The molecular formula is C28H46N6O3S. The molecule has 1 aromatic heterocycles. The van der Waals surface area contributed by atoms with Crippen molar-refractivity contribution in [2.45, 2.75) is 57.5 Å². The van der Waals surface area contributed by atoms with Crippen LogP contribution in [0.25, 0.3) is 0 Å². The minimum Gasteiger partial charge on any atom is -0.412 e. The number of carbonyl (C=O) groups is 1. The van der Waals surface area contributed by atoms with Crippen LogP contribution >= 0.6 is 0 Å². The molecular weight excluding hydrogens is 500 g/mol. The van der Waals surface area contributed by atoms with Crippen molar-refractivity contribution in [1.82, 2.24) is 24.1 Å². The number of amides is 1. The van der Waals surface area contributed by atoms with Crippen molar-refractivity contribution in [1.29, 1.82) is 0 Å². The van der Waals surface area contributed by atoms with Gasteiger partial charge in [-0.2, -0.15) is 0 Å². The average Bonchev–Trinajstić information content (AvgIpc) is 3.34. The molecule has 2 aromatic rings. The van der Waals surface area contributed by atoms with E-state index in [4.69, 9.17) is 0 Å². The van der Waals surface area contributed by atoms with Gasteiger partial charge in [0, 0.05) is 77.1 Å². The third kappa shape index (κ3) is 8.36. The molecule has 10 heteroatoms. The zero-order chi connectivity index (χ0) is 26.2. The lowest BCUT2D eigenvalue weighted by Crippen LogP contribution is -2.59. The number of aromatic nitrogens is 2. The van der Waals surface area contributed by atoms with E-state index in [-0.39, 0.29) is 17.4 Å². The van der Waals surface area contributed by atoms with Gasteiger partial charge in [-0.25, -0.2) is 13.5 Å². The summed E-state index contributed by atoms with van der Waals surface area (Å²) in [6, 6.07) is 8.16. The number of nitrogens with zero attached hydrogens (tertiary/aromatic N) is 5. The molecule has 0 bridgehead atoms. The third-order valence-corrected chi connectivity index (χ3v) is 9.01. The fourth-order valence-electron chi connectivity index (χ4n) is 5.61. The average molecular weight is 547 g/mol. The van der Waals surface area contributed by atoms with Gasteiger partial charge in [0.2, 0.25) is 5.91 Å². The largest absolute Gasteiger partial charge is 0.412 e. The quantitative estimate of drug-likeness (QED) is 0.465. The molecule has 4 rings (SSSR count). The predicted molar refractivity (Wildman–Crippen MR) is 155 cm³/mol. The minimum absolute atomic E-state index is 0. The zero-order valence-corrected chi connectivity index (χ0v) is 24.1. The first-order valence-electron chi connectivity index (χ1n) is 13.8. The standard InChI is InChI=1S/C28H44N6O2S.H2O/c1-31(2)25-11-9-24(10-12-25)20-33-22-29-19-26(33)13-15-30-28(35)27-21-32(17-18-34(27)37(3)36)16-14-23-7-5-4-6-8-23;/h9-12,19,22-23,27H,4-8,13-18,20-21H2,1-3H3,(H,30,35);1H2. The van der Waals surface area contributed by atoms with Crippen LogP contribution in [0.4, 0.5) is 5.69 Å². The van der Waals surface area contributed by atoms with Crippen LogP contribution in [0.5, 0.6) is 0 Å². The maximum atomic E-state index is 13.2. The highest BCUT2D eigenvalue weighted by atomic mass is 32.2. The molecule has 1 aliphatic heterocycles. The molecule has 38 heavy (non-hydrogen) atoms. The molecule has 2 unspecified atom stereocenters. The molecule has 1 aliphatic carbocycles. The highest BCUT2D eigenvalue weighted by molar-refractivity contribution is 7.81. The maximum absolute atomic E-state index is 13.2. The van der Waals surface area contributed by atoms with Crippen molar-refractivity contribution in [3.8, 4) is 0 Å². The Morgan fingerprint density at radius 2 is 1.87 bits per heavy atom. The van der Waals surface area contributed by atoms with E-state index in [0.29, 0.717) is 26.1 Å². The molecule has 0 radical (unpaired) electrons. The Morgan fingerprint density at radius 3 is 2.55 bits per heavy atom. The first-order valence-corrected chi connectivity index (χ1v) is 15.3. The van der Waals surface area contributed by atoms with Gasteiger partial charge in [0.15, 0.2) is 0 Å². The normalized spacial score (nSPS) is 20.0. The van der Waals surface area contributed by atoms with E-state index >= 15 is 0 Å². The van der Waals surface area contributed by atoms with Crippen molar-refractivity contribution in [2.24, 2.45) is 5.92 Å². The van der Waals surface area contributed by atoms with Gasteiger partial charge in [-0.3, -0.25) is 9.69 Å². The number of anilines is 1. The number of imidazole rings is 1. The number of hydrogen-bond donors (Lipinski definition) is 1. The van der Waals surface area contributed by atoms with Crippen LogP contribution in [0, 0.1) is 5.92 Å². The second-order valence-corrected chi connectivity index (χ2v) is 12.1. The Hall–Kier alpha value is -2.27. The number of rotatable bonds is 11. The Morgan fingerprint density at radius 1 is 1.13 bits per heavy atom. The van der Waals surface area contributed by atoms with Crippen molar-refractivity contribution in [3.05, 3.63) is 48.0 Å². The maximum Gasteiger partial charge on any atom is 0.239 e. The lowest BCUT2D eigenvalue weighted by Gasteiger charge is -2.39. The van der Waals surface area contributed by atoms with Gasteiger partial charge in [-0.15, -0.1) is 0 Å². The highest BCUT2D eigenvalue weighted by Crippen LogP contribution is 2.27. The molecule has 1 amide bonds. The van der Waals surface area contributed by atoms with E-state index in [2.05, 4.69) is 48.9 Å². The van der Waals surface area contributed by atoms with Crippen LogP contribution in [-0.4, -0.2) is 93.5 Å². The molecule has 2 heterocycles. The van der Waals surface area contributed by atoms with Gasteiger partial charge in [0.05, 0.1) is 17.3 Å². The molecule has 3 N–H and O–H groups in total. The monoisotopic (exact) mass is 546 g/mol. The summed E-state index contributed by atoms with van der Waals surface area (Å²) in [5.74, 6) is 0.804. The molecule has 0 spiro atoms. The molecule has 2 aliphatic rings. The van der Waals surface area contributed by atoms with E-state index in [9.17, 15) is 9.00 Å². The summed E-state index contributed by atoms with van der Waals surface area (Å²) >= 11 is 0. The summed E-state index contributed by atoms with van der Waals surface area (Å²) in [5.41, 5.74) is 3.48. The molecule has 1 saturated heterocycles. The van der Waals surface area contributed by atoms with Crippen molar-refractivity contribution in [3.63, 3.8) is 0 Å². The van der Waals surface area contributed by atoms with Crippen molar-refractivity contribution in [2.75, 3.05) is 58.0 Å². The number of benzene rings is 1. The molecule has 9 nitrogen and oxygen atoms in total. The summed E-state index contributed by atoms with van der Waals surface area (Å²) in [6.45, 7) is 4.52. The molecule has 1 saturated carbocycles. The van der Waals surface area contributed by atoms with Gasteiger partial charge in [0.25, 0.3) is 0 Å². The fraction of sp³-hybridized carbons (Fsp3) is 0.643. The van der Waals surface area contributed by atoms with E-state index in [1.807, 2.05) is 30.9 Å². The summed E-state index contributed by atoms with van der Waals surface area (Å²) in [6.07, 6.45) is 14.1. The smallest absolute Gasteiger partial charge is 0.239 e. The predicted octanol–water partition coefficient (Wildman–Crippen LogP) is 2.08.